The van der Waals surface area contributed by atoms with Crippen LogP contribution >= 0.6 is 0 Å². The third kappa shape index (κ3) is 1.42. The largest absolute Gasteiger partial charge is 0.445 e. The molecule has 0 aromatic heterocycles. The van der Waals surface area contributed by atoms with Crippen molar-refractivity contribution in [2.45, 2.75) is 24.3 Å². The van der Waals surface area contributed by atoms with Crippen molar-refractivity contribution >= 4 is 12.4 Å². The molecule has 4 heterocycles. The average molecular weight is 246 g/mol. The summed E-state index contributed by atoms with van der Waals surface area (Å²) in [6, 6.07) is 9.49. The van der Waals surface area contributed by atoms with Gasteiger partial charge in [-0.15, -0.1) is 0 Å². The Kier molecular flexibility index (Phi) is 2.33. The molecule has 0 saturated carbocycles. The average Bonchev–Trinajstić information content (AvgIpc) is 2.43. The van der Waals surface area contributed by atoms with E-state index < -0.39 is 12.7 Å². The van der Waals surface area contributed by atoms with Crippen molar-refractivity contribution in [1.82, 2.24) is 0 Å². The molecule has 5 heteroatoms. The van der Waals surface area contributed by atoms with E-state index in [1.54, 1.807) is 0 Å². The van der Waals surface area contributed by atoms with Crippen LogP contribution in [-0.2, 0) is 14.2 Å². The van der Waals surface area contributed by atoms with Gasteiger partial charge in [0, 0.05) is 5.92 Å². The second-order valence-corrected chi connectivity index (χ2v) is 5.34. The smallest absolute Gasteiger partial charge is 0.354 e. The minimum absolute atomic E-state index is 0.168. The fourth-order valence-corrected chi connectivity index (χ4v) is 3.28. The van der Waals surface area contributed by atoms with Gasteiger partial charge in [0.15, 0.2) is 5.79 Å². The van der Waals surface area contributed by atoms with Crippen molar-refractivity contribution in [3.8, 4) is 0 Å². The van der Waals surface area contributed by atoms with Gasteiger partial charge in [0.2, 0.25) is 0 Å². The molecular weight excluding hydrogens is 231 g/mol. The van der Waals surface area contributed by atoms with E-state index in [0.29, 0.717) is 13.2 Å². The highest BCUT2D eigenvalue weighted by atomic mass is 16.8. The van der Waals surface area contributed by atoms with Gasteiger partial charge in [0.05, 0.1) is 18.7 Å². The molecule has 4 atom stereocenters. The highest BCUT2D eigenvalue weighted by molar-refractivity contribution is 6.67. The molecule has 4 unspecified atom stereocenters. The van der Waals surface area contributed by atoms with E-state index in [9.17, 15) is 5.02 Å². The first kappa shape index (κ1) is 11.0. The normalized spacial score (nSPS) is 41.1. The highest BCUT2D eigenvalue weighted by Crippen LogP contribution is 2.50. The molecular formula is C13H15BO4. The molecule has 1 aromatic carbocycles. The van der Waals surface area contributed by atoms with E-state index in [0.717, 1.165) is 11.9 Å². The van der Waals surface area contributed by atoms with Gasteiger partial charge in [-0.05, 0) is 11.9 Å². The van der Waals surface area contributed by atoms with Crippen LogP contribution in [0.15, 0.2) is 30.3 Å². The van der Waals surface area contributed by atoms with Gasteiger partial charge in [0.25, 0.3) is 0 Å². The van der Waals surface area contributed by atoms with Crippen LogP contribution in [0.2, 0.25) is 0 Å². The summed E-state index contributed by atoms with van der Waals surface area (Å²) in [5.74, 6) is -0.324. The molecule has 1 spiro atoms. The van der Waals surface area contributed by atoms with E-state index in [2.05, 4.69) is 0 Å². The molecule has 0 aliphatic carbocycles. The Balaban J connectivity index is 1.55. The first-order valence-corrected chi connectivity index (χ1v) is 6.45. The van der Waals surface area contributed by atoms with E-state index >= 15 is 0 Å². The molecule has 0 amide bonds. The number of hydrogen-bond acceptors (Lipinski definition) is 4. The molecule has 2 bridgehead atoms. The summed E-state index contributed by atoms with van der Waals surface area (Å²) in [4.78, 5) is 0. The van der Waals surface area contributed by atoms with Crippen LogP contribution in [0.25, 0.3) is 0 Å². The van der Waals surface area contributed by atoms with Gasteiger partial charge in [-0.2, -0.15) is 0 Å². The van der Waals surface area contributed by atoms with Crippen molar-refractivity contribution in [3.63, 3.8) is 0 Å². The van der Waals surface area contributed by atoms with E-state index in [1.807, 2.05) is 30.3 Å². The lowest BCUT2D eigenvalue weighted by molar-refractivity contribution is -0.440. The van der Waals surface area contributed by atoms with Gasteiger partial charge in [0.1, 0.15) is 6.61 Å². The summed E-state index contributed by atoms with van der Waals surface area (Å²) in [6.07, 6.45) is 1.10. The molecule has 0 radical (unpaired) electrons. The SMILES string of the molecule is OB(c1ccccc1)C1OC23COC(CO2)CC13. The summed E-state index contributed by atoms with van der Waals surface area (Å²) >= 11 is 0. The Bertz CT molecular complexity index is 444. The number of ether oxygens (including phenoxy) is 3. The van der Waals surface area contributed by atoms with Crippen LogP contribution in [0.1, 0.15) is 6.42 Å². The summed E-state index contributed by atoms with van der Waals surface area (Å²) in [6.45, 7) is 0.537. The van der Waals surface area contributed by atoms with Crippen molar-refractivity contribution in [2.75, 3.05) is 13.2 Å². The second-order valence-electron chi connectivity index (χ2n) is 5.34. The topological polar surface area (TPSA) is 47.9 Å². The van der Waals surface area contributed by atoms with Crippen LogP contribution in [0, 0.1) is 5.92 Å². The van der Waals surface area contributed by atoms with Crippen molar-refractivity contribution in [1.29, 1.82) is 0 Å². The van der Waals surface area contributed by atoms with E-state index in [4.69, 9.17) is 14.2 Å². The maximum atomic E-state index is 10.4. The maximum Gasteiger partial charge on any atom is 0.354 e. The Morgan fingerprint density at radius 1 is 1.28 bits per heavy atom. The number of hydrogen-bond donors (Lipinski definition) is 1. The van der Waals surface area contributed by atoms with Crippen molar-refractivity contribution in [2.24, 2.45) is 5.92 Å². The van der Waals surface area contributed by atoms with Gasteiger partial charge < -0.3 is 19.2 Å². The zero-order valence-corrected chi connectivity index (χ0v) is 9.99. The Labute approximate surface area is 106 Å². The first-order valence-electron chi connectivity index (χ1n) is 6.45. The Morgan fingerprint density at radius 3 is 2.78 bits per heavy atom. The second kappa shape index (κ2) is 3.81. The standard InChI is InChI=1S/C13H15BO4/c15-14(9-4-2-1-3-5-9)12-11-6-10-7-17-13(11,18-12)8-16-10/h1-5,10-12,15H,6-8H2. The summed E-state index contributed by atoms with van der Waals surface area (Å²) < 4.78 is 17.2. The third-order valence-corrected chi connectivity index (χ3v) is 4.30. The molecule has 5 rings (SSSR count). The fourth-order valence-electron chi connectivity index (χ4n) is 3.28. The van der Waals surface area contributed by atoms with Gasteiger partial charge in [-0.3, -0.25) is 0 Å². The van der Waals surface area contributed by atoms with Gasteiger partial charge in [-0.25, -0.2) is 0 Å². The minimum Gasteiger partial charge on any atom is -0.445 e. The summed E-state index contributed by atoms with van der Waals surface area (Å²) in [5, 5.41) is 10.4. The molecule has 4 aliphatic heterocycles. The minimum atomic E-state index is -0.579. The molecule has 1 aromatic rings. The quantitative estimate of drug-likeness (QED) is 0.743. The predicted octanol–water partition coefficient (Wildman–Crippen LogP) is -0.0530. The summed E-state index contributed by atoms with van der Waals surface area (Å²) in [5.41, 5.74) is 0.903. The predicted molar refractivity (Wildman–Crippen MR) is 65.5 cm³/mol. The van der Waals surface area contributed by atoms with Crippen molar-refractivity contribution < 1.29 is 19.2 Å². The Hall–Kier alpha value is -0.875. The number of benzene rings is 1. The van der Waals surface area contributed by atoms with Crippen LogP contribution in [0.3, 0.4) is 0 Å². The van der Waals surface area contributed by atoms with E-state index in [1.165, 1.54) is 0 Å². The third-order valence-electron chi connectivity index (χ3n) is 4.30. The first-order chi connectivity index (χ1) is 8.78. The molecule has 4 saturated heterocycles. The molecule has 18 heavy (non-hydrogen) atoms. The molecule has 4 aliphatic rings. The maximum absolute atomic E-state index is 10.4. The lowest BCUT2D eigenvalue weighted by atomic mass is 9.49. The molecule has 94 valence electrons. The molecule has 4 nitrogen and oxygen atoms in total. The van der Waals surface area contributed by atoms with Crippen LogP contribution < -0.4 is 5.46 Å². The molecule has 4 fully saturated rings. The molecule has 1 N–H and O–H groups in total. The van der Waals surface area contributed by atoms with E-state index in [-0.39, 0.29) is 18.0 Å². The summed E-state index contributed by atoms with van der Waals surface area (Å²) in [7, 11) is 0. The lowest BCUT2D eigenvalue weighted by Gasteiger charge is -2.61. The zero-order valence-electron chi connectivity index (χ0n) is 9.99. The van der Waals surface area contributed by atoms with Crippen molar-refractivity contribution in [3.05, 3.63) is 30.3 Å². The van der Waals surface area contributed by atoms with Gasteiger partial charge in [-0.1, -0.05) is 30.3 Å². The highest BCUT2D eigenvalue weighted by Gasteiger charge is 2.65. The fraction of sp³-hybridized carbons (Fsp3) is 0.538. The lowest BCUT2D eigenvalue weighted by Crippen LogP contribution is -2.76. The van der Waals surface area contributed by atoms with Crippen LogP contribution in [0.5, 0.6) is 0 Å². The Morgan fingerprint density at radius 2 is 2.11 bits per heavy atom. The van der Waals surface area contributed by atoms with Crippen LogP contribution in [-0.4, -0.2) is 43.0 Å². The number of fused-ring (bicyclic) bond motifs is 2. The monoisotopic (exact) mass is 246 g/mol. The van der Waals surface area contributed by atoms with Crippen LogP contribution in [0.4, 0.5) is 0 Å². The van der Waals surface area contributed by atoms with Gasteiger partial charge >= 0.3 is 6.92 Å². The zero-order chi connectivity index (χ0) is 12.2. The number of rotatable bonds is 2.